The van der Waals surface area contributed by atoms with Crippen LogP contribution in [0.25, 0.3) is 10.9 Å². The van der Waals surface area contributed by atoms with E-state index in [0.29, 0.717) is 58.0 Å². The molecule has 3 fully saturated rings. The van der Waals surface area contributed by atoms with Gasteiger partial charge < -0.3 is 9.64 Å². The number of amides is 2. The molecule has 9 rings (SSSR count). The second kappa shape index (κ2) is 17.0. The van der Waals surface area contributed by atoms with E-state index in [-0.39, 0.29) is 30.6 Å². The standard InChI is InChI=1S/C51H60N4O6S/c1-36-46-41(40-21-14-15-22-42(40)52-36)24-27-50(61-46)33-44-45(56)34-51(48(58)53-62(59,60)49(2)28-29-49)32-39(51)20-12-4-3-5-13-23-43(47(57)55(44)35-50)54(30-25-37-16-8-6-9-17-37)31-26-38-18-10-7-11-19-38/h6-12,14-22,39,43-44H,3-5,13,23-35H2,1-2H3,(H,53,58)/b20-12-/t39-,43+,44+,50-,51-/m1/s1. The van der Waals surface area contributed by atoms with Crippen LogP contribution in [0.2, 0.25) is 0 Å². The number of rotatable bonds is 10. The minimum atomic E-state index is -3.93. The molecule has 2 aliphatic carbocycles. The van der Waals surface area contributed by atoms with E-state index in [0.717, 1.165) is 66.4 Å². The van der Waals surface area contributed by atoms with E-state index in [4.69, 9.17) is 9.72 Å². The fourth-order valence-corrected chi connectivity index (χ4v) is 11.8. The van der Waals surface area contributed by atoms with E-state index in [2.05, 4.69) is 70.3 Å². The van der Waals surface area contributed by atoms with Gasteiger partial charge in [0.05, 0.1) is 40.0 Å². The third-order valence-electron chi connectivity index (χ3n) is 14.7. The van der Waals surface area contributed by atoms with Gasteiger partial charge in [-0.3, -0.25) is 24.0 Å². The summed E-state index contributed by atoms with van der Waals surface area (Å²) in [5, 5.41) is 1.05. The van der Waals surface area contributed by atoms with Crippen molar-refractivity contribution in [2.24, 2.45) is 11.3 Å². The third kappa shape index (κ3) is 8.47. The number of ether oxygens (including phenoxy) is 1. The van der Waals surface area contributed by atoms with E-state index in [1.807, 2.05) is 43.3 Å². The summed E-state index contributed by atoms with van der Waals surface area (Å²) >= 11 is 0. The molecule has 0 bridgehead atoms. The van der Waals surface area contributed by atoms with Crippen LogP contribution in [-0.4, -0.2) is 82.9 Å². The van der Waals surface area contributed by atoms with Gasteiger partial charge in [0.25, 0.3) is 0 Å². The number of hydrogen-bond donors (Lipinski definition) is 1. The highest BCUT2D eigenvalue weighted by molar-refractivity contribution is 7.91. The van der Waals surface area contributed by atoms with Crippen LogP contribution in [0.4, 0.5) is 0 Å². The lowest BCUT2D eigenvalue weighted by atomic mass is 9.85. The zero-order chi connectivity index (χ0) is 43.1. The molecule has 326 valence electrons. The Morgan fingerprint density at radius 1 is 0.887 bits per heavy atom. The smallest absolute Gasteiger partial charge is 0.240 e. The molecule has 2 saturated carbocycles. The lowest BCUT2D eigenvalue weighted by Crippen LogP contribution is -2.54. The topological polar surface area (TPSA) is 126 Å². The molecule has 5 aliphatic rings. The monoisotopic (exact) mass is 856 g/mol. The summed E-state index contributed by atoms with van der Waals surface area (Å²) in [7, 11) is -3.93. The molecular weight excluding hydrogens is 797 g/mol. The van der Waals surface area contributed by atoms with Crippen molar-refractivity contribution in [1.82, 2.24) is 19.5 Å². The normalized spacial score (nSPS) is 27.7. The molecule has 1 spiro atoms. The number of para-hydroxylation sites is 1. The molecule has 5 atom stereocenters. The molecule has 4 aromatic rings. The number of nitrogens with one attached hydrogen (secondary N) is 1. The van der Waals surface area contributed by atoms with Crippen molar-refractivity contribution in [2.75, 3.05) is 19.6 Å². The Labute approximate surface area is 366 Å². The number of aryl methyl sites for hydroxylation is 2. The number of aromatic nitrogens is 1. The van der Waals surface area contributed by atoms with Crippen molar-refractivity contribution in [2.45, 2.75) is 126 Å². The first-order chi connectivity index (χ1) is 29.9. The molecule has 1 aromatic heterocycles. The fourth-order valence-electron chi connectivity index (χ4n) is 10.4. The molecule has 10 nitrogen and oxygen atoms in total. The van der Waals surface area contributed by atoms with E-state index < -0.39 is 43.8 Å². The van der Waals surface area contributed by atoms with Gasteiger partial charge in [-0.2, -0.15) is 0 Å². The minimum absolute atomic E-state index is 0.0767. The quantitative estimate of drug-likeness (QED) is 0.160. The van der Waals surface area contributed by atoms with E-state index in [1.54, 1.807) is 11.8 Å². The van der Waals surface area contributed by atoms with Crippen molar-refractivity contribution in [3.8, 4) is 5.75 Å². The highest BCUT2D eigenvalue weighted by atomic mass is 32.2. The summed E-state index contributed by atoms with van der Waals surface area (Å²) in [6.45, 7) is 5.21. The van der Waals surface area contributed by atoms with Gasteiger partial charge in [0.15, 0.2) is 5.78 Å². The predicted octanol–water partition coefficient (Wildman–Crippen LogP) is 7.85. The van der Waals surface area contributed by atoms with Crippen LogP contribution < -0.4 is 9.46 Å². The van der Waals surface area contributed by atoms with Gasteiger partial charge in [0, 0.05) is 36.9 Å². The molecule has 3 aliphatic heterocycles. The van der Waals surface area contributed by atoms with Crippen molar-refractivity contribution in [1.29, 1.82) is 0 Å². The maximum Gasteiger partial charge on any atom is 0.240 e. The second-order valence-electron chi connectivity index (χ2n) is 19.1. The Morgan fingerprint density at radius 2 is 1.56 bits per heavy atom. The zero-order valence-corrected chi connectivity index (χ0v) is 37.0. The van der Waals surface area contributed by atoms with Crippen LogP contribution in [0.5, 0.6) is 5.75 Å². The predicted molar refractivity (Wildman–Crippen MR) is 241 cm³/mol. The summed E-state index contributed by atoms with van der Waals surface area (Å²) in [6, 6.07) is 27.5. The summed E-state index contributed by atoms with van der Waals surface area (Å²) in [5.41, 5.74) is 3.15. The number of benzene rings is 3. The molecular formula is C51H60N4O6S. The summed E-state index contributed by atoms with van der Waals surface area (Å²) in [4.78, 5) is 54.2. The van der Waals surface area contributed by atoms with Gasteiger partial charge in [0.2, 0.25) is 21.8 Å². The van der Waals surface area contributed by atoms with Gasteiger partial charge in [-0.05, 0) is 101 Å². The molecule has 1 saturated heterocycles. The van der Waals surface area contributed by atoms with E-state index in [9.17, 15) is 13.2 Å². The highest BCUT2D eigenvalue weighted by Crippen LogP contribution is 2.58. The van der Waals surface area contributed by atoms with Crippen LogP contribution in [0.1, 0.15) is 99.9 Å². The number of Topliss-reactive ketones (excluding diaryl/α,β-unsaturated/α-hetero) is 1. The van der Waals surface area contributed by atoms with E-state index >= 15 is 9.59 Å². The van der Waals surface area contributed by atoms with Crippen LogP contribution in [-0.2, 0) is 43.7 Å². The number of fused-ring (bicyclic) bond motifs is 5. The maximum absolute atomic E-state index is 15.7. The number of ketones is 1. The molecule has 1 N–H and O–H groups in total. The number of allylic oxidation sites excluding steroid dienone is 2. The number of carbonyl (C=O) groups excluding carboxylic acids is 3. The van der Waals surface area contributed by atoms with Gasteiger partial charge in [-0.25, -0.2) is 13.4 Å². The Morgan fingerprint density at radius 3 is 2.26 bits per heavy atom. The lowest BCUT2D eigenvalue weighted by Gasteiger charge is -2.38. The molecule has 0 unspecified atom stereocenters. The minimum Gasteiger partial charge on any atom is -0.483 e. The van der Waals surface area contributed by atoms with Crippen molar-refractivity contribution in [3.63, 3.8) is 0 Å². The summed E-state index contributed by atoms with van der Waals surface area (Å²) in [5.74, 6) is -0.438. The average Bonchev–Trinajstić information content (AvgIpc) is 4.17. The largest absolute Gasteiger partial charge is 0.483 e. The summed E-state index contributed by atoms with van der Waals surface area (Å²) in [6.07, 6.45) is 12.7. The SMILES string of the molecule is Cc1nc2ccccc2c2c1O[C@]1(CC2)C[C@H]2C(=O)C[C@]3(C(=O)NS(=O)(=O)C4(C)CC4)C[C@H]3/C=C\CCCCC[C@H](N(CCc3ccccc3)CCc3ccccc3)C(=O)N2C1. The number of nitrogens with zero attached hydrogens (tertiary/aromatic N) is 3. The van der Waals surface area contributed by atoms with Gasteiger partial charge in [0.1, 0.15) is 11.4 Å². The Bertz CT molecular complexity index is 2430. The van der Waals surface area contributed by atoms with E-state index in [1.165, 1.54) is 11.1 Å². The fraction of sp³-hybridized carbons (Fsp3) is 0.490. The molecule has 2 amide bonds. The van der Waals surface area contributed by atoms with Crippen molar-refractivity contribution >= 4 is 38.5 Å². The molecule has 4 heterocycles. The molecule has 11 heteroatoms. The van der Waals surface area contributed by atoms with Crippen LogP contribution in [0, 0.1) is 18.3 Å². The second-order valence-corrected chi connectivity index (χ2v) is 21.3. The Hall–Kier alpha value is -4.87. The first kappa shape index (κ1) is 42.4. The molecule has 62 heavy (non-hydrogen) atoms. The number of sulfonamides is 1. The number of hydrogen-bond acceptors (Lipinski definition) is 8. The maximum atomic E-state index is 15.7. The molecule has 0 radical (unpaired) electrons. The van der Waals surface area contributed by atoms with Gasteiger partial charge >= 0.3 is 0 Å². The van der Waals surface area contributed by atoms with Crippen molar-refractivity contribution in [3.05, 3.63) is 119 Å². The van der Waals surface area contributed by atoms with Gasteiger partial charge in [-0.15, -0.1) is 0 Å². The zero-order valence-electron chi connectivity index (χ0n) is 36.2. The van der Waals surface area contributed by atoms with Crippen LogP contribution in [0.15, 0.2) is 97.1 Å². The van der Waals surface area contributed by atoms with Crippen LogP contribution >= 0.6 is 0 Å². The highest BCUT2D eigenvalue weighted by Gasteiger charge is 2.63. The number of carbonyl (C=O) groups is 3. The Balaban J connectivity index is 1.08. The van der Waals surface area contributed by atoms with Gasteiger partial charge in [-0.1, -0.05) is 104 Å². The average molecular weight is 857 g/mol. The third-order valence-corrected chi connectivity index (χ3v) is 16.9. The first-order valence-electron chi connectivity index (χ1n) is 22.9. The number of pyridine rings is 1. The summed E-state index contributed by atoms with van der Waals surface area (Å²) < 4.78 is 35.4. The van der Waals surface area contributed by atoms with Crippen LogP contribution in [0.3, 0.4) is 0 Å². The molecule has 3 aromatic carbocycles. The first-order valence-corrected chi connectivity index (χ1v) is 24.3. The lowest BCUT2D eigenvalue weighted by molar-refractivity contribution is -0.143. The van der Waals surface area contributed by atoms with Crippen molar-refractivity contribution < 1.29 is 27.5 Å². The Kier molecular flexibility index (Phi) is 11.6.